The van der Waals surface area contributed by atoms with E-state index in [2.05, 4.69) is 10.2 Å². The number of benzene rings is 2. The summed E-state index contributed by atoms with van der Waals surface area (Å²) in [6.45, 7) is 0. The Balaban J connectivity index is 2.02. The molecular weight excluding hydrogens is 358 g/mol. The minimum absolute atomic E-state index is 0.0753. The van der Waals surface area contributed by atoms with Crippen LogP contribution in [0.5, 0.6) is 5.75 Å². The molecule has 1 aliphatic rings. The zero-order chi connectivity index (χ0) is 19.8. The molecule has 0 saturated carbocycles. The van der Waals surface area contributed by atoms with E-state index in [0.717, 1.165) is 0 Å². The van der Waals surface area contributed by atoms with Gasteiger partial charge in [0.15, 0.2) is 0 Å². The maximum absolute atomic E-state index is 13.0. The molecule has 2 N–H and O–H groups in total. The normalized spacial score (nSPS) is 16.4. The molecule has 140 valence electrons. The first kappa shape index (κ1) is 17.5. The van der Waals surface area contributed by atoms with E-state index in [1.807, 2.05) is 0 Å². The number of methoxy groups -OCH3 is 1. The molecule has 2 heterocycles. The Morgan fingerprint density at radius 3 is 2.57 bits per heavy atom. The molecule has 7 heteroatoms. The molecule has 0 unspecified atom stereocenters. The number of carbonyl (C=O) groups is 2. The van der Waals surface area contributed by atoms with Crippen LogP contribution in [-0.2, 0) is 4.79 Å². The number of ketones is 1. The van der Waals surface area contributed by atoms with E-state index in [4.69, 9.17) is 4.74 Å². The minimum Gasteiger partial charge on any atom is -0.497 e. The average molecular weight is 375 g/mol. The van der Waals surface area contributed by atoms with Gasteiger partial charge in [-0.15, -0.1) is 0 Å². The number of amides is 1. The van der Waals surface area contributed by atoms with Crippen molar-refractivity contribution >= 4 is 29.0 Å². The summed E-state index contributed by atoms with van der Waals surface area (Å²) in [7, 11) is 3.15. The van der Waals surface area contributed by atoms with Crippen LogP contribution in [0.25, 0.3) is 11.6 Å². The Morgan fingerprint density at radius 2 is 1.79 bits per heavy atom. The first-order valence-corrected chi connectivity index (χ1v) is 8.60. The largest absolute Gasteiger partial charge is 0.497 e. The molecule has 4 rings (SSSR count). The summed E-state index contributed by atoms with van der Waals surface area (Å²) in [5.41, 5.74) is 1.16. The van der Waals surface area contributed by atoms with Gasteiger partial charge in [-0.2, -0.15) is 0 Å². The van der Waals surface area contributed by atoms with Crippen LogP contribution in [-0.4, -0.2) is 36.0 Å². The SMILES string of the molecule is COc1cccc(C=c2c(=O)[nH][nH]c2=C2C(=O)c3ccccc3N(C)C2=O)c1. The molecule has 3 aromatic rings. The monoisotopic (exact) mass is 375 g/mol. The van der Waals surface area contributed by atoms with Crippen molar-refractivity contribution in [2.45, 2.75) is 0 Å². The summed E-state index contributed by atoms with van der Waals surface area (Å²) in [6.07, 6.45) is 1.61. The Bertz CT molecular complexity index is 1280. The lowest BCUT2D eigenvalue weighted by molar-refractivity contribution is -0.113. The molecule has 0 fully saturated rings. The maximum Gasteiger partial charge on any atom is 0.271 e. The number of anilines is 1. The number of nitrogens with zero attached hydrogens (tertiary/aromatic N) is 1. The quantitative estimate of drug-likeness (QED) is 0.684. The average Bonchev–Trinajstić information content (AvgIpc) is 3.07. The summed E-state index contributed by atoms with van der Waals surface area (Å²) in [5.74, 6) is -0.262. The van der Waals surface area contributed by atoms with Gasteiger partial charge in [-0.25, -0.2) is 0 Å². The second-order valence-corrected chi connectivity index (χ2v) is 6.37. The van der Waals surface area contributed by atoms with Gasteiger partial charge in [-0.1, -0.05) is 24.3 Å². The molecule has 0 saturated heterocycles. The molecule has 1 aromatic heterocycles. The predicted octanol–water partition coefficient (Wildman–Crippen LogP) is 0.550. The summed E-state index contributed by atoms with van der Waals surface area (Å²) < 4.78 is 5.20. The molecule has 0 atom stereocenters. The third-order valence-corrected chi connectivity index (χ3v) is 4.73. The highest BCUT2D eigenvalue weighted by molar-refractivity contribution is 6.51. The van der Waals surface area contributed by atoms with Gasteiger partial charge in [0.05, 0.1) is 23.4 Å². The van der Waals surface area contributed by atoms with E-state index in [-0.39, 0.29) is 16.1 Å². The highest BCUT2D eigenvalue weighted by Crippen LogP contribution is 2.28. The van der Waals surface area contributed by atoms with Crippen molar-refractivity contribution in [3.63, 3.8) is 0 Å². The van der Waals surface area contributed by atoms with Gasteiger partial charge in [0, 0.05) is 12.6 Å². The topological polar surface area (TPSA) is 95.3 Å². The van der Waals surface area contributed by atoms with Crippen LogP contribution in [0.1, 0.15) is 15.9 Å². The Labute approximate surface area is 159 Å². The summed E-state index contributed by atoms with van der Waals surface area (Å²) in [6, 6.07) is 14.0. The molecule has 1 aliphatic heterocycles. The van der Waals surface area contributed by atoms with Crippen molar-refractivity contribution in [1.29, 1.82) is 0 Å². The highest BCUT2D eigenvalue weighted by Gasteiger charge is 2.33. The summed E-state index contributed by atoms with van der Waals surface area (Å²) in [4.78, 5) is 39.7. The lowest BCUT2D eigenvalue weighted by Gasteiger charge is -2.25. The minimum atomic E-state index is -0.473. The van der Waals surface area contributed by atoms with Gasteiger partial charge < -0.3 is 9.64 Å². The lowest BCUT2D eigenvalue weighted by atomic mass is 9.95. The predicted molar refractivity (Wildman–Crippen MR) is 105 cm³/mol. The number of nitrogens with one attached hydrogen (secondary N) is 2. The van der Waals surface area contributed by atoms with Crippen molar-refractivity contribution in [2.75, 3.05) is 19.1 Å². The number of hydrogen-bond donors (Lipinski definition) is 2. The standard InChI is InChI=1S/C21H17N3O4/c1-24-16-9-4-3-8-14(16)19(25)17(21(24)27)18-15(20(26)23-22-18)11-12-6-5-7-13(10-12)28-2/h3-11,22H,1-2H3,(H,23,26). The smallest absolute Gasteiger partial charge is 0.271 e. The number of rotatable bonds is 2. The van der Waals surface area contributed by atoms with E-state index in [1.165, 1.54) is 4.90 Å². The van der Waals surface area contributed by atoms with Crippen LogP contribution >= 0.6 is 0 Å². The summed E-state index contributed by atoms with van der Waals surface area (Å²) in [5, 5.41) is 5.55. The van der Waals surface area contributed by atoms with E-state index < -0.39 is 17.2 Å². The van der Waals surface area contributed by atoms with Crippen molar-refractivity contribution in [3.05, 3.63) is 80.6 Å². The zero-order valence-corrected chi connectivity index (χ0v) is 15.3. The first-order chi connectivity index (χ1) is 13.5. The Kier molecular flexibility index (Phi) is 4.19. The van der Waals surface area contributed by atoms with Gasteiger partial charge in [0.2, 0.25) is 5.78 Å². The van der Waals surface area contributed by atoms with Crippen LogP contribution in [0, 0.1) is 0 Å². The number of carbonyl (C=O) groups excluding carboxylic acids is 2. The fourth-order valence-electron chi connectivity index (χ4n) is 3.29. The number of H-pyrrole nitrogens is 2. The van der Waals surface area contributed by atoms with Crippen LogP contribution in [0.4, 0.5) is 5.69 Å². The van der Waals surface area contributed by atoms with Gasteiger partial charge in [-0.3, -0.25) is 24.6 Å². The van der Waals surface area contributed by atoms with Crippen molar-refractivity contribution < 1.29 is 14.3 Å². The van der Waals surface area contributed by atoms with Crippen LogP contribution in [0.3, 0.4) is 0 Å². The van der Waals surface area contributed by atoms with Crippen LogP contribution in [0.2, 0.25) is 0 Å². The molecule has 28 heavy (non-hydrogen) atoms. The number of hydrogen-bond acceptors (Lipinski definition) is 4. The number of para-hydroxylation sites is 1. The maximum atomic E-state index is 13.0. The molecule has 0 bridgehead atoms. The zero-order valence-electron chi connectivity index (χ0n) is 15.3. The van der Waals surface area contributed by atoms with E-state index in [1.54, 1.807) is 68.8 Å². The fraction of sp³-hybridized carbons (Fsp3) is 0.0952. The van der Waals surface area contributed by atoms with Gasteiger partial charge in [0.25, 0.3) is 11.5 Å². The van der Waals surface area contributed by atoms with Gasteiger partial charge in [0.1, 0.15) is 11.3 Å². The highest BCUT2D eigenvalue weighted by atomic mass is 16.5. The van der Waals surface area contributed by atoms with Crippen LogP contribution in [0.15, 0.2) is 53.3 Å². The number of aromatic amines is 2. The molecule has 2 aromatic carbocycles. The van der Waals surface area contributed by atoms with E-state index in [0.29, 0.717) is 22.6 Å². The number of fused-ring (bicyclic) bond motifs is 1. The number of Topliss-reactive ketones (excluding diaryl/α,β-unsaturated/α-hetero) is 1. The molecule has 0 spiro atoms. The third-order valence-electron chi connectivity index (χ3n) is 4.73. The Morgan fingerprint density at radius 1 is 1.00 bits per heavy atom. The van der Waals surface area contributed by atoms with Gasteiger partial charge >= 0.3 is 0 Å². The summed E-state index contributed by atoms with van der Waals surface area (Å²) >= 11 is 0. The third kappa shape index (κ3) is 2.73. The van der Waals surface area contributed by atoms with E-state index >= 15 is 0 Å². The number of ether oxygens (including phenoxy) is 1. The number of aromatic nitrogens is 2. The molecule has 0 radical (unpaired) electrons. The molecule has 1 amide bonds. The molecule has 0 aliphatic carbocycles. The van der Waals surface area contributed by atoms with Gasteiger partial charge in [-0.05, 0) is 35.9 Å². The van der Waals surface area contributed by atoms with Crippen LogP contribution < -0.4 is 25.8 Å². The fourth-order valence-corrected chi connectivity index (χ4v) is 3.29. The lowest BCUT2D eigenvalue weighted by Crippen LogP contribution is -2.44. The van der Waals surface area contributed by atoms with Crippen molar-refractivity contribution in [3.8, 4) is 5.75 Å². The first-order valence-electron chi connectivity index (χ1n) is 8.60. The molecular formula is C21H17N3O4. The second kappa shape index (κ2) is 6.70. The second-order valence-electron chi connectivity index (χ2n) is 6.37. The van der Waals surface area contributed by atoms with Crippen molar-refractivity contribution in [2.24, 2.45) is 0 Å². The molecule has 7 nitrogen and oxygen atoms in total. The van der Waals surface area contributed by atoms with Crippen molar-refractivity contribution in [1.82, 2.24) is 10.2 Å². The Hall–Kier alpha value is -3.87. The van der Waals surface area contributed by atoms with E-state index in [9.17, 15) is 14.4 Å².